The molecule has 0 fully saturated rings. The maximum atomic E-state index is 2.51. The second-order valence-corrected chi connectivity index (χ2v) is 14.2. The van der Waals surface area contributed by atoms with Gasteiger partial charge < -0.3 is 0 Å². The van der Waals surface area contributed by atoms with Crippen LogP contribution < -0.4 is 0 Å². The SMILES string of the molecule is CCCCCCCCCCCCCCCCCCCCC(C)CCCC(C)CCCC(C)CCCCCCC. The summed E-state index contributed by atoms with van der Waals surface area (Å²) in [5.74, 6) is 2.85. The molecular formula is C39H80. The van der Waals surface area contributed by atoms with Crippen LogP contribution in [0.15, 0.2) is 0 Å². The van der Waals surface area contributed by atoms with E-state index in [0.29, 0.717) is 0 Å². The maximum absolute atomic E-state index is 2.51. The molecule has 0 saturated carbocycles. The van der Waals surface area contributed by atoms with Crippen LogP contribution in [0.4, 0.5) is 0 Å². The molecule has 0 heterocycles. The molecule has 3 atom stereocenters. The average molecular weight is 549 g/mol. The predicted octanol–water partition coefficient (Wildman–Crippen LogP) is 15.0. The van der Waals surface area contributed by atoms with Crippen molar-refractivity contribution >= 4 is 0 Å². The smallest absolute Gasteiger partial charge is 0.0443 e. The summed E-state index contributed by atoms with van der Waals surface area (Å²) in [6.07, 6.45) is 45.5. The summed E-state index contributed by atoms with van der Waals surface area (Å²) in [6.45, 7) is 12.1. The molecule has 0 aliphatic carbocycles. The van der Waals surface area contributed by atoms with Crippen molar-refractivity contribution in [1.29, 1.82) is 0 Å². The first-order chi connectivity index (χ1) is 19.1. The van der Waals surface area contributed by atoms with Crippen molar-refractivity contribution in [1.82, 2.24) is 0 Å². The zero-order valence-electron chi connectivity index (χ0n) is 28.7. The van der Waals surface area contributed by atoms with Gasteiger partial charge in [-0.2, -0.15) is 0 Å². The van der Waals surface area contributed by atoms with Crippen LogP contribution in [-0.4, -0.2) is 0 Å². The molecule has 0 amide bonds. The monoisotopic (exact) mass is 549 g/mol. The van der Waals surface area contributed by atoms with Crippen LogP contribution >= 0.6 is 0 Å². The highest BCUT2D eigenvalue weighted by atomic mass is 14.1. The van der Waals surface area contributed by atoms with Gasteiger partial charge in [-0.1, -0.05) is 234 Å². The summed E-state index contributed by atoms with van der Waals surface area (Å²) in [4.78, 5) is 0. The Balaban J connectivity index is 3.31. The fourth-order valence-corrected chi connectivity index (χ4v) is 6.55. The Morgan fingerprint density at radius 2 is 0.410 bits per heavy atom. The van der Waals surface area contributed by atoms with E-state index in [4.69, 9.17) is 0 Å². The highest BCUT2D eigenvalue weighted by Crippen LogP contribution is 2.23. The Labute approximate surface area is 251 Å². The molecule has 0 heteroatoms. The van der Waals surface area contributed by atoms with Crippen LogP contribution in [0.5, 0.6) is 0 Å². The van der Waals surface area contributed by atoms with Crippen molar-refractivity contribution in [3.63, 3.8) is 0 Å². The van der Waals surface area contributed by atoms with Crippen molar-refractivity contribution in [3.8, 4) is 0 Å². The zero-order chi connectivity index (χ0) is 28.7. The van der Waals surface area contributed by atoms with Gasteiger partial charge in [-0.25, -0.2) is 0 Å². The molecule has 236 valence electrons. The van der Waals surface area contributed by atoms with Crippen molar-refractivity contribution in [3.05, 3.63) is 0 Å². The van der Waals surface area contributed by atoms with Crippen LogP contribution in [0.25, 0.3) is 0 Å². The van der Waals surface area contributed by atoms with Crippen LogP contribution in [0, 0.1) is 17.8 Å². The van der Waals surface area contributed by atoms with E-state index in [9.17, 15) is 0 Å². The van der Waals surface area contributed by atoms with Crippen molar-refractivity contribution in [2.45, 2.75) is 234 Å². The van der Waals surface area contributed by atoms with Crippen molar-refractivity contribution in [2.24, 2.45) is 17.8 Å². The third-order valence-corrected chi connectivity index (χ3v) is 9.64. The molecule has 0 radical (unpaired) electrons. The van der Waals surface area contributed by atoms with Gasteiger partial charge in [0, 0.05) is 0 Å². The van der Waals surface area contributed by atoms with E-state index in [2.05, 4.69) is 34.6 Å². The fourth-order valence-electron chi connectivity index (χ4n) is 6.55. The molecule has 0 aromatic carbocycles. The van der Waals surface area contributed by atoms with Crippen LogP contribution in [0.1, 0.15) is 234 Å². The lowest BCUT2D eigenvalue weighted by molar-refractivity contribution is 0.373. The molecule has 0 aromatic heterocycles. The van der Waals surface area contributed by atoms with E-state index in [-0.39, 0.29) is 0 Å². The molecule has 0 bridgehead atoms. The Morgan fingerprint density at radius 1 is 0.231 bits per heavy atom. The summed E-state index contributed by atoms with van der Waals surface area (Å²) < 4.78 is 0. The summed E-state index contributed by atoms with van der Waals surface area (Å²) in [7, 11) is 0. The summed E-state index contributed by atoms with van der Waals surface area (Å²) in [6, 6.07) is 0. The van der Waals surface area contributed by atoms with E-state index in [1.165, 1.54) is 199 Å². The minimum atomic E-state index is 0.944. The van der Waals surface area contributed by atoms with Gasteiger partial charge in [0.1, 0.15) is 0 Å². The lowest BCUT2D eigenvalue weighted by atomic mass is 9.90. The maximum Gasteiger partial charge on any atom is -0.0443 e. The first-order valence-electron chi connectivity index (χ1n) is 19.1. The standard InChI is InChI=1S/C39H80/c1-6-8-10-12-13-14-15-16-17-18-19-20-21-22-23-24-26-28-32-38(4)34-30-36-39(5)35-29-33-37(3)31-27-25-11-9-7-2/h37-39H,6-36H2,1-5H3. The average Bonchev–Trinajstić information content (AvgIpc) is 2.92. The molecule has 0 nitrogen and oxygen atoms in total. The second-order valence-electron chi connectivity index (χ2n) is 14.2. The van der Waals surface area contributed by atoms with E-state index < -0.39 is 0 Å². The van der Waals surface area contributed by atoms with Gasteiger partial charge in [0.05, 0.1) is 0 Å². The molecule has 0 aliphatic rings. The van der Waals surface area contributed by atoms with E-state index in [1.54, 1.807) is 0 Å². The molecule has 0 aromatic rings. The molecule has 0 saturated heterocycles. The van der Waals surface area contributed by atoms with E-state index in [1.807, 2.05) is 0 Å². The fraction of sp³-hybridized carbons (Fsp3) is 1.00. The highest BCUT2D eigenvalue weighted by molar-refractivity contribution is 4.61. The molecule has 0 aliphatic heterocycles. The lowest BCUT2D eigenvalue weighted by Crippen LogP contribution is -2.01. The summed E-state index contributed by atoms with van der Waals surface area (Å²) in [5, 5.41) is 0. The molecule has 39 heavy (non-hydrogen) atoms. The molecule has 3 unspecified atom stereocenters. The van der Waals surface area contributed by atoms with Gasteiger partial charge in [0.25, 0.3) is 0 Å². The van der Waals surface area contributed by atoms with Crippen LogP contribution in [0.2, 0.25) is 0 Å². The second kappa shape index (κ2) is 32.5. The Hall–Kier alpha value is 0. The van der Waals surface area contributed by atoms with Crippen molar-refractivity contribution < 1.29 is 0 Å². The Kier molecular flexibility index (Phi) is 32.5. The number of rotatable bonds is 33. The lowest BCUT2D eigenvalue weighted by Gasteiger charge is -2.16. The van der Waals surface area contributed by atoms with Gasteiger partial charge in [-0.15, -0.1) is 0 Å². The molecular weight excluding hydrogens is 468 g/mol. The largest absolute Gasteiger partial charge is 0.0654 e. The third-order valence-electron chi connectivity index (χ3n) is 9.64. The molecule has 0 spiro atoms. The normalized spacial score (nSPS) is 14.1. The minimum absolute atomic E-state index is 0.944. The molecule has 0 rings (SSSR count). The van der Waals surface area contributed by atoms with Crippen molar-refractivity contribution in [2.75, 3.05) is 0 Å². The van der Waals surface area contributed by atoms with Gasteiger partial charge in [0.2, 0.25) is 0 Å². The Bertz CT molecular complexity index is 426. The third kappa shape index (κ3) is 32.4. The number of hydrogen-bond donors (Lipinski definition) is 0. The first kappa shape index (κ1) is 39.0. The number of hydrogen-bond acceptors (Lipinski definition) is 0. The van der Waals surface area contributed by atoms with Crippen LogP contribution in [0.3, 0.4) is 0 Å². The first-order valence-corrected chi connectivity index (χ1v) is 19.1. The zero-order valence-corrected chi connectivity index (χ0v) is 28.7. The molecule has 0 N–H and O–H groups in total. The highest BCUT2D eigenvalue weighted by Gasteiger charge is 2.08. The van der Waals surface area contributed by atoms with E-state index in [0.717, 1.165) is 17.8 Å². The number of unbranched alkanes of at least 4 members (excludes halogenated alkanes) is 21. The topological polar surface area (TPSA) is 0 Å². The Morgan fingerprint density at radius 3 is 0.641 bits per heavy atom. The summed E-state index contributed by atoms with van der Waals surface area (Å²) in [5.41, 5.74) is 0. The summed E-state index contributed by atoms with van der Waals surface area (Å²) >= 11 is 0. The van der Waals surface area contributed by atoms with E-state index >= 15 is 0 Å². The van der Waals surface area contributed by atoms with Gasteiger partial charge in [-0.05, 0) is 17.8 Å². The minimum Gasteiger partial charge on any atom is -0.0654 e. The predicted molar refractivity (Wildman–Crippen MR) is 182 cm³/mol. The van der Waals surface area contributed by atoms with Gasteiger partial charge >= 0.3 is 0 Å². The van der Waals surface area contributed by atoms with Crippen LogP contribution in [-0.2, 0) is 0 Å². The van der Waals surface area contributed by atoms with Gasteiger partial charge in [0.15, 0.2) is 0 Å². The quantitative estimate of drug-likeness (QED) is 0.0715. The van der Waals surface area contributed by atoms with Gasteiger partial charge in [-0.3, -0.25) is 0 Å².